The van der Waals surface area contributed by atoms with Gasteiger partial charge in [0.15, 0.2) is 0 Å². The predicted molar refractivity (Wildman–Crippen MR) is 214 cm³/mol. The van der Waals surface area contributed by atoms with E-state index in [-0.39, 0.29) is 367 Å². The molecule has 300 valence electrons. The van der Waals surface area contributed by atoms with Gasteiger partial charge in [0.1, 0.15) is 0 Å². The summed E-state index contributed by atoms with van der Waals surface area (Å²) in [5.74, 6) is 0.427. The molecule has 0 spiro atoms. The van der Waals surface area contributed by atoms with Crippen molar-refractivity contribution in [2.24, 2.45) is 0 Å². The van der Waals surface area contributed by atoms with Gasteiger partial charge in [-0.1, -0.05) is 106 Å². The van der Waals surface area contributed by atoms with Crippen LogP contribution in [0.2, 0.25) is 0 Å². The molecule has 0 saturated carbocycles. The van der Waals surface area contributed by atoms with Gasteiger partial charge in [0.25, 0.3) is 0 Å². The van der Waals surface area contributed by atoms with Crippen molar-refractivity contribution < 1.29 is 367 Å². The van der Waals surface area contributed by atoms with Gasteiger partial charge >= 0.3 is 0 Å². The maximum atomic E-state index is 3.21. The summed E-state index contributed by atoms with van der Waals surface area (Å²) < 4.78 is 0. The van der Waals surface area contributed by atoms with Crippen LogP contribution in [0, 0.1) is 314 Å². The summed E-state index contributed by atoms with van der Waals surface area (Å²) in [6.45, 7) is 8.00. The van der Waals surface area contributed by atoms with Gasteiger partial charge in [-0.25, -0.2) is 0 Å². The first-order valence-electron chi connectivity index (χ1n) is 16.2. The summed E-state index contributed by atoms with van der Waals surface area (Å²) in [6, 6.07) is 31.6. The Hall–Kier alpha value is 10.4. The topological polar surface area (TPSA) is 0 Å². The second-order valence-electron chi connectivity index (χ2n) is 10.8. The maximum absolute atomic E-state index is 3.21. The summed E-state index contributed by atoms with van der Waals surface area (Å²) >= 11 is 0. The fraction of sp³-hybridized carbons (Fsp3) is 0.275. The van der Waals surface area contributed by atoms with Gasteiger partial charge in [0.05, 0.1) is 0 Å². The van der Waals surface area contributed by atoms with E-state index in [4.69, 9.17) is 0 Å². The fourth-order valence-corrected chi connectivity index (χ4v) is 8.07. The SMILES string of the molecule is CC.CC.PC1=CCC[CH-][C@H]1c1c(P)ccc2cc[c-]cc12.Pc1ccc2c(c1-c1c(P)ccc3ccccc13)CCCC2.[Ar].[Ar].[Ar].[Ar].[Ar].[Ar].[Ar].[Ar].[Y].[Y]. The van der Waals surface area contributed by atoms with Crippen LogP contribution >= 0.6 is 37.0 Å². The van der Waals surface area contributed by atoms with Crippen LogP contribution in [0.4, 0.5) is 0 Å². The van der Waals surface area contributed by atoms with E-state index in [1.54, 1.807) is 11.1 Å². The standard InChI is InChI=1S/C20H20P2.C16H16P2.2C2H6.8Ar.2Y/c21-17-11-9-13-5-1-3-7-15(13)19(17)20-16-8-4-2-6-14(16)10-12-18(20)22;17-14-8-4-3-7-13(14)16-12-6-2-1-5-11(12)9-10-15(16)18;2*1-2;;;;;;;;;;/h1,3,5,7,9-12H,2,4,6,8,21-22H2;1,5-10,13H,3-4,17-18H2;2*1-2H3;;;;;;;;;;/q;-2;;;;;;;;;;;;/t;13-;;;;;;;;;;;;/m.1............/s1. The van der Waals surface area contributed by atoms with Gasteiger partial charge in [-0.05, 0) is 74.6 Å². The van der Waals surface area contributed by atoms with Crippen molar-refractivity contribution in [3.63, 3.8) is 0 Å². The van der Waals surface area contributed by atoms with Crippen LogP contribution < -0.4 is 15.9 Å². The van der Waals surface area contributed by atoms with E-state index in [1.165, 1.54) is 98.0 Å². The Morgan fingerprint density at radius 2 is 1.13 bits per heavy atom. The minimum Gasteiger partial charge on any atom is -0.318 e. The second kappa shape index (κ2) is 44.6. The molecule has 2 radical (unpaired) electrons. The van der Waals surface area contributed by atoms with E-state index in [0.717, 1.165) is 0 Å². The van der Waals surface area contributed by atoms with Crippen molar-refractivity contribution >= 4 is 74.4 Å². The molecule has 0 N–H and O–H groups in total. The van der Waals surface area contributed by atoms with E-state index in [2.05, 4.69) is 128 Å². The fourth-order valence-electron chi connectivity index (χ4n) is 6.36. The van der Waals surface area contributed by atoms with Gasteiger partial charge in [-0.15, -0.1) is 59.2 Å². The molecule has 5 aromatic carbocycles. The third kappa shape index (κ3) is 22.9. The Kier molecular flexibility index (Phi) is 64.8. The molecule has 4 unspecified atom stereocenters. The Morgan fingerprint density at radius 1 is 0.593 bits per heavy atom. The molecule has 5 atom stereocenters. The third-order valence-corrected chi connectivity index (χ3v) is 10.4. The second-order valence-corrected chi connectivity index (χ2v) is 13.4. The quantitative estimate of drug-likeness (QED) is 0.122. The van der Waals surface area contributed by atoms with Crippen molar-refractivity contribution in [3.8, 4) is 11.1 Å². The molecular weight excluding hydrogens is 1100 g/mol. The first kappa shape index (κ1) is 78.5. The summed E-state index contributed by atoms with van der Waals surface area (Å²) in [5.41, 5.74) is 7.37. The minimum absolute atomic E-state index is 0. The van der Waals surface area contributed by atoms with Crippen LogP contribution in [-0.4, -0.2) is 0 Å². The van der Waals surface area contributed by atoms with Crippen molar-refractivity contribution in [1.29, 1.82) is 0 Å². The number of allylic oxidation sites excluding steroid dienone is 2. The molecule has 0 aliphatic heterocycles. The van der Waals surface area contributed by atoms with Crippen LogP contribution in [0.1, 0.15) is 76.0 Å². The van der Waals surface area contributed by atoms with Crippen molar-refractivity contribution in [2.45, 2.75) is 72.1 Å². The zero-order valence-corrected chi connectivity index (χ0v) is 46.7. The number of hydrogen-bond donors (Lipinski definition) is 0. The molecule has 0 amide bonds. The van der Waals surface area contributed by atoms with E-state index in [0.29, 0.717) is 5.92 Å². The molecule has 0 fully saturated rings. The molecule has 0 nitrogen and oxygen atoms in total. The summed E-state index contributed by atoms with van der Waals surface area (Å²) in [6.07, 6.45) is 12.2. The molecule has 7 rings (SSSR count). The van der Waals surface area contributed by atoms with Crippen molar-refractivity contribution in [2.75, 3.05) is 0 Å². The van der Waals surface area contributed by atoms with E-state index in [9.17, 15) is 0 Å². The van der Waals surface area contributed by atoms with Crippen molar-refractivity contribution in [1.82, 2.24) is 0 Å². The minimum atomic E-state index is 0. The number of benzene rings is 5. The third-order valence-electron chi connectivity index (χ3n) is 8.34. The molecule has 0 heterocycles. The molecule has 5 aromatic rings. The smallest absolute Gasteiger partial charge is 0 e. The largest absolute Gasteiger partial charge is 0.318 e. The van der Waals surface area contributed by atoms with Gasteiger partial charge in [0, 0.05) is 367 Å². The first-order valence-corrected chi connectivity index (χ1v) is 18.5. The van der Waals surface area contributed by atoms with Gasteiger partial charge in [-0.2, -0.15) is 30.7 Å². The van der Waals surface area contributed by atoms with E-state index < -0.39 is 0 Å². The number of rotatable bonds is 2. The normalized spacial score (nSPS) is 12.6. The molecular formula is C40H48Ar8P4Y2-2. The van der Waals surface area contributed by atoms with Gasteiger partial charge < -0.3 is 6.42 Å². The maximum Gasteiger partial charge on any atom is 0 e. The van der Waals surface area contributed by atoms with Crippen molar-refractivity contribution in [3.05, 3.63) is 119 Å². The van der Waals surface area contributed by atoms with Crippen LogP contribution in [0.25, 0.3) is 32.7 Å². The molecule has 0 saturated heterocycles. The number of hydrogen-bond acceptors (Lipinski definition) is 0. The van der Waals surface area contributed by atoms with E-state index >= 15 is 0 Å². The Balaban J connectivity index is -0.000000129. The number of fused-ring (bicyclic) bond motifs is 3. The molecule has 2 aliphatic rings. The first-order chi connectivity index (χ1) is 21.5. The molecule has 54 heavy (non-hydrogen) atoms. The van der Waals surface area contributed by atoms with Crippen LogP contribution in [0.3, 0.4) is 0 Å². The summed E-state index contributed by atoms with van der Waals surface area (Å²) in [4.78, 5) is 0. The Morgan fingerprint density at radius 3 is 1.76 bits per heavy atom. The molecule has 14 heteroatoms. The zero-order valence-electron chi connectivity index (χ0n) is 30.8. The average molecular weight is 1150 g/mol. The van der Waals surface area contributed by atoms with Gasteiger partial charge in [0.2, 0.25) is 0 Å². The Labute approximate surface area is 627 Å². The molecule has 2 aliphatic carbocycles. The molecule has 0 aromatic heterocycles. The predicted octanol–water partition coefficient (Wildman–Crippen LogP) is 10.4. The van der Waals surface area contributed by atoms with Crippen LogP contribution in [0.15, 0.2) is 90.3 Å². The average Bonchev–Trinajstić information content (AvgIpc) is 3.08. The van der Waals surface area contributed by atoms with Crippen LogP contribution in [-0.2, 0) is 78.3 Å². The zero-order chi connectivity index (χ0) is 31.6. The van der Waals surface area contributed by atoms with Gasteiger partial charge in [-0.3, -0.25) is 0 Å². The summed E-state index contributed by atoms with van der Waals surface area (Å²) in [7, 11) is 11.7. The van der Waals surface area contributed by atoms with Crippen LogP contribution in [0.5, 0.6) is 0 Å². The summed E-state index contributed by atoms with van der Waals surface area (Å²) in [5, 5.41) is 10.6. The number of aryl methyl sites for hydroxylation is 1. The molecule has 0 bridgehead atoms. The van der Waals surface area contributed by atoms with E-state index in [1.807, 2.05) is 33.8 Å². The Bertz CT molecular complexity index is 1780. The monoisotopic (exact) mass is 1150 g/mol.